The van der Waals surface area contributed by atoms with Crippen molar-refractivity contribution in [2.24, 2.45) is 0 Å². The van der Waals surface area contributed by atoms with E-state index in [1.165, 1.54) is 0 Å². The van der Waals surface area contributed by atoms with Gasteiger partial charge in [0, 0.05) is 5.39 Å². The normalized spacial score (nSPS) is 10.5. The van der Waals surface area contributed by atoms with Gasteiger partial charge < -0.3 is 5.11 Å². The van der Waals surface area contributed by atoms with Crippen molar-refractivity contribution >= 4 is 16.9 Å². The van der Waals surface area contributed by atoms with E-state index in [2.05, 4.69) is 4.98 Å². The highest BCUT2D eigenvalue weighted by molar-refractivity contribution is 5.91. The zero-order chi connectivity index (χ0) is 11.0. The van der Waals surface area contributed by atoms with Gasteiger partial charge in [0.25, 0.3) is 0 Å². The molecule has 0 saturated heterocycles. The lowest BCUT2D eigenvalue weighted by atomic mass is 10.1. The minimum Gasteiger partial charge on any atom is -0.477 e. The maximum atomic E-state index is 10.8. The molecule has 0 unspecified atom stereocenters. The van der Waals surface area contributed by atoms with Crippen LogP contribution in [0.3, 0.4) is 0 Å². The Morgan fingerprint density at radius 2 is 2.00 bits per heavy atom. The summed E-state index contributed by atoms with van der Waals surface area (Å²) in [6.07, 6.45) is 0. The predicted molar refractivity (Wildman–Crippen MR) is 58.2 cm³/mol. The van der Waals surface area contributed by atoms with Crippen LogP contribution >= 0.6 is 0 Å². The molecule has 0 fully saturated rings. The van der Waals surface area contributed by atoms with Gasteiger partial charge in [0.05, 0.1) is 5.52 Å². The molecule has 0 aliphatic rings. The number of carboxylic acids is 1. The van der Waals surface area contributed by atoms with Gasteiger partial charge in [-0.2, -0.15) is 0 Å². The van der Waals surface area contributed by atoms with Crippen LogP contribution in [0, 0.1) is 13.8 Å². The first-order chi connectivity index (χ1) is 7.08. The molecule has 0 atom stereocenters. The average molecular weight is 201 g/mol. The Morgan fingerprint density at radius 3 is 2.67 bits per heavy atom. The quantitative estimate of drug-likeness (QED) is 0.771. The lowest BCUT2D eigenvalue weighted by molar-refractivity contribution is 0.0691. The predicted octanol–water partition coefficient (Wildman–Crippen LogP) is 2.55. The third kappa shape index (κ3) is 1.68. The summed E-state index contributed by atoms with van der Waals surface area (Å²) < 4.78 is 0. The number of carboxylic acid groups (broad SMARTS) is 1. The number of hydrogen-bond acceptors (Lipinski definition) is 2. The number of aromatic carboxylic acids is 1. The van der Waals surface area contributed by atoms with Crippen molar-refractivity contribution in [1.82, 2.24) is 4.98 Å². The third-order valence-electron chi connectivity index (χ3n) is 2.39. The summed E-state index contributed by atoms with van der Waals surface area (Å²) in [6, 6.07) is 7.46. The fourth-order valence-electron chi connectivity index (χ4n) is 1.62. The summed E-state index contributed by atoms with van der Waals surface area (Å²) >= 11 is 0. The van der Waals surface area contributed by atoms with Crippen molar-refractivity contribution in [2.75, 3.05) is 0 Å². The number of hydrogen-bond donors (Lipinski definition) is 1. The minimum atomic E-state index is -0.985. The highest BCUT2D eigenvalue weighted by atomic mass is 16.4. The largest absolute Gasteiger partial charge is 0.477 e. The van der Waals surface area contributed by atoms with E-state index < -0.39 is 5.97 Å². The van der Waals surface area contributed by atoms with E-state index in [4.69, 9.17) is 5.11 Å². The SMILES string of the molecule is Cc1ccc2c(C)cc(C(=O)O)nc2c1. The number of benzene rings is 1. The van der Waals surface area contributed by atoms with Gasteiger partial charge in [0.2, 0.25) is 0 Å². The molecule has 1 heterocycles. The summed E-state index contributed by atoms with van der Waals surface area (Å²) in [5.41, 5.74) is 2.87. The van der Waals surface area contributed by atoms with Gasteiger partial charge in [-0.1, -0.05) is 12.1 Å². The Morgan fingerprint density at radius 1 is 1.27 bits per heavy atom. The maximum Gasteiger partial charge on any atom is 0.354 e. The van der Waals surface area contributed by atoms with Crippen molar-refractivity contribution in [3.8, 4) is 0 Å². The standard InChI is InChI=1S/C12H11NO2/c1-7-3-4-9-8(2)6-11(12(14)15)13-10(9)5-7/h3-6H,1-2H3,(H,14,15). The summed E-state index contributed by atoms with van der Waals surface area (Å²) in [5.74, 6) is -0.985. The van der Waals surface area contributed by atoms with E-state index >= 15 is 0 Å². The first-order valence-electron chi connectivity index (χ1n) is 4.69. The Hall–Kier alpha value is -1.90. The second-order valence-corrected chi connectivity index (χ2v) is 3.65. The van der Waals surface area contributed by atoms with Crippen molar-refractivity contribution in [2.45, 2.75) is 13.8 Å². The molecule has 1 aromatic carbocycles. The van der Waals surface area contributed by atoms with E-state index in [1.54, 1.807) is 6.07 Å². The molecule has 0 saturated carbocycles. The van der Waals surface area contributed by atoms with Crippen LogP contribution in [-0.2, 0) is 0 Å². The Bertz CT molecular complexity index is 547. The highest BCUT2D eigenvalue weighted by Crippen LogP contribution is 2.18. The smallest absolute Gasteiger partial charge is 0.354 e. The number of pyridine rings is 1. The van der Waals surface area contributed by atoms with Crippen LogP contribution < -0.4 is 0 Å². The summed E-state index contributed by atoms with van der Waals surface area (Å²) in [5, 5.41) is 9.88. The molecule has 1 N–H and O–H groups in total. The molecule has 1 aromatic heterocycles. The molecule has 15 heavy (non-hydrogen) atoms. The maximum absolute atomic E-state index is 10.8. The summed E-state index contributed by atoms with van der Waals surface area (Å²) in [4.78, 5) is 14.9. The van der Waals surface area contributed by atoms with Crippen molar-refractivity contribution < 1.29 is 9.90 Å². The van der Waals surface area contributed by atoms with E-state index in [1.807, 2.05) is 32.0 Å². The topological polar surface area (TPSA) is 50.2 Å². The second-order valence-electron chi connectivity index (χ2n) is 3.65. The van der Waals surface area contributed by atoms with Crippen LogP contribution in [-0.4, -0.2) is 16.1 Å². The molecule has 2 rings (SSSR count). The fraction of sp³-hybridized carbons (Fsp3) is 0.167. The Balaban J connectivity index is 2.79. The van der Waals surface area contributed by atoms with Crippen LogP contribution in [0.25, 0.3) is 10.9 Å². The number of rotatable bonds is 1. The minimum absolute atomic E-state index is 0.102. The van der Waals surface area contributed by atoms with Crippen molar-refractivity contribution in [1.29, 1.82) is 0 Å². The number of nitrogens with zero attached hydrogens (tertiary/aromatic N) is 1. The molecule has 76 valence electrons. The summed E-state index contributed by atoms with van der Waals surface area (Å²) in [7, 11) is 0. The van der Waals surface area contributed by atoms with E-state index in [-0.39, 0.29) is 5.69 Å². The number of fused-ring (bicyclic) bond motifs is 1. The first kappa shape index (κ1) is 9.65. The van der Waals surface area contributed by atoms with Crippen LogP contribution in [0.1, 0.15) is 21.6 Å². The van der Waals surface area contributed by atoms with Crippen molar-refractivity contribution in [3.63, 3.8) is 0 Å². The van der Waals surface area contributed by atoms with Crippen molar-refractivity contribution in [3.05, 3.63) is 41.1 Å². The second kappa shape index (κ2) is 3.35. The van der Waals surface area contributed by atoms with Gasteiger partial charge in [0.15, 0.2) is 0 Å². The van der Waals surface area contributed by atoms with E-state index in [0.717, 1.165) is 22.0 Å². The third-order valence-corrected chi connectivity index (χ3v) is 2.39. The molecule has 0 bridgehead atoms. The molecule has 0 aliphatic heterocycles. The number of aryl methyl sites for hydroxylation is 2. The Kier molecular flexibility index (Phi) is 2.15. The van der Waals surface area contributed by atoms with Crippen LogP contribution in [0.5, 0.6) is 0 Å². The van der Waals surface area contributed by atoms with E-state index in [0.29, 0.717) is 0 Å². The molecular formula is C12H11NO2. The van der Waals surface area contributed by atoms with Gasteiger partial charge in [-0.3, -0.25) is 0 Å². The van der Waals surface area contributed by atoms with E-state index in [9.17, 15) is 4.79 Å². The lowest BCUT2D eigenvalue weighted by Gasteiger charge is -2.04. The highest BCUT2D eigenvalue weighted by Gasteiger charge is 2.08. The van der Waals surface area contributed by atoms with Gasteiger partial charge in [-0.05, 0) is 37.1 Å². The van der Waals surface area contributed by atoms with Crippen LogP contribution in [0.4, 0.5) is 0 Å². The molecule has 0 radical (unpaired) electrons. The average Bonchev–Trinajstić information content (AvgIpc) is 2.16. The summed E-state index contributed by atoms with van der Waals surface area (Å²) in [6.45, 7) is 3.86. The molecule has 0 amide bonds. The fourth-order valence-corrected chi connectivity index (χ4v) is 1.62. The molecular weight excluding hydrogens is 190 g/mol. The molecule has 0 spiro atoms. The van der Waals surface area contributed by atoms with Gasteiger partial charge in [-0.15, -0.1) is 0 Å². The number of carbonyl (C=O) groups is 1. The molecule has 3 nitrogen and oxygen atoms in total. The molecule has 2 aromatic rings. The molecule has 3 heteroatoms. The first-order valence-corrected chi connectivity index (χ1v) is 4.69. The molecule has 0 aliphatic carbocycles. The van der Waals surface area contributed by atoms with Crippen LogP contribution in [0.15, 0.2) is 24.3 Å². The van der Waals surface area contributed by atoms with Gasteiger partial charge in [0.1, 0.15) is 5.69 Å². The van der Waals surface area contributed by atoms with Gasteiger partial charge in [-0.25, -0.2) is 9.78 Å². The monoisotopic (exact) mass is 201 g/mol. The zero-order valence-electron chi connectivity index (χ0n) is 8.61. The zero-order valence-corrected chi connectivity index (χ0v) is 8.61. The Labute approximate surface area is 87.4 Å². The lowest BCUT2D eigenvalue weighted by Crippen LogP contribution is -2.01. The van der Waals surface area contributed by atoms with Gasteiger partial charge >= 0.3 is 5.97 Å². The number of aromatic nitrogens is 1. The van der Waals surface area contributed by atoms with Crippen LogP contribution in [0.2, 0.25) is 0 Å².